The number of hydrogen-bond donors (Lipinski definition) is 1. The molecule has 1 unspecified atom stereocenters. The molecule has 0 spiro atoms. The molecule has 2 aromatic rings. The molecule has 3 rings (SSSR count). The van der Waals surface area contributed by atoms with Gasteiger partial charge in [0.2, 0.25) is 0 Å². The highest BCUT2D eigenvalue weighted by atomic mass is 16.5. The summed E-state index contributed by atoms with van der Waals surface area (Å²) in [6.45, 7) is 3.69. The van der Waals surface area contributed by atoms with Crippen LogP contribution in [-0.2, 0) is 0 Å². The van der Waals surface area contributed by atoms with Crippen LogP contribution in [0.4, 0.5) is 5.82 Å². The first-order chi connectivity index (χ1) is 10.1. The van der Waals surface area contributed by atoms with Crippen molar-refractivity contribution in [1.29, 1.82) is 0 Å². The summed E-state index contributed by atoms with van der Waals surface area (Å²) in [6, 6.07) is 8.10. The number of aliphatic hydroxyl groups is 1. The monoisotopic (exact) mass is 286 g/mol. The highest BCUT2D eigenvalue weighted by Gasteiger charge is 2.26. The fourth-order valence-electron chi connectivity index (χ4n) is 2.99. The predicted octanol–water partition coefficient (Wildman–Crippen LogP) is 2.98. The molecule has 4 nitrogen and oxygen atoms in total. The van der Waals surface area contributed by atoms with Gasteiger partial charge in [0.05, 0.1) is 12.7 Å². The van der Waals surface area contributed by atoms with Gasteiger partial charge in [0.25, 0.3) is 0 Å². The summed E-state index contributed by atoms with van der Waals surface area (Å²) >= 11 is 0. The van der Waals surface area contributed by atoms with Crippen molar-refractivity contribution in [2.75, 3.05) is 25.1 Å². The third-order valence-corrected chi connectivity index (χ3v) is 4.32. The minimum Gasteiger partial charge on any atom is -0.497 e. The number of aromatic nitrogens is 1. The number of nitrogens with zero attached hydrogens (tertiary/aromatic N) is 2. The molecule has 4 heteroatoms. The lowest BCUT2D eigenvalue weighted by Gasteiger charge is -2.24. The standard InChI is InChI=1S/C17H22N2O2/c1-17(20)7-3-10-19(11-8-17)16-15-12-14(21-2)5-4-13(15)6-9-18-16/h4-6,9,12,20H,3,7-8,10-11H2,1-2H3. The van der Waals surface area contributed by atoms with Gasteiger partial charge >= 0.3 is 0 Å². The van der Waals surface area contributed by atoms with E-state index < -0.39 is 5.60 Å². The van der Waals surface area contributed by atoms with Crippen LogP contribution in [0.15, 0.2) is 30.5 Å². The first-order valence-corrected chi connectivity index (χ1v) is 7.49. The average molecular weight is 286 g/mol. The van der Waals surface area contributed by atoms with Crippen LogP contribution in [0.3, 0.4) is 0 Å². The summed E-state index contributed by atoms with van der Waals surface area (Å²) in [4.78, 5) is 6.87. The quantitative estimate of drug-likeness (QED) is 0.922. The van der Waals surface area contributed by atoms with Crippen molar-refractivity contribution in [2.45, 2.75) is 31.8 Å². The number of benzene rings is 1. The summed E-state index contributed by atoms with van der Waals surface area (Å²) < 4.78 is 5.34. The largest absolute Gasteiger partial charge is 0.497 e. The molecule has 1 aliphatic rings. The summed E-state index contributed by atoms with van der Waals surface area (Å²) in [5.41, 5.74) is -0.559. The number of pyridine rings is 1. The van der Waals surface area contributed by atoms with Gasteiger partial charge in [-0.1, -0.05) is 6.07 Å². The minimum absolute atomic E-state index is 0.559. The van der Waals surface area contributed by atoms with Crippen LogP contribution < -0.4 is 9.64 Å². The molecular formula is C17H22N2O2. The Kier molecular flexibility index (Phi) is 3.72. The third kappa shape index (κ3) is 2.95. The van der Waals surface area contributed by atoms with Crippen molar-refractivity contribution in [3.05, 3.63) is 30.5 Å². The van der Waals surface area contributed by atoms with E-state index in [0.29, 0.717) is 0 Å². The summed E-state index contributed by atoms with van der Waals surface area (Å²) in [5, 5.41) is 12.5. The zero-order chi connectivity index (χ0) is 14.9. The average Bonchev–Trinajstić information content (AvgIpc) is 2.67. The summed E-state index contributed by atoms with van der Waals surface area (Å²) in [5.74, 6) is 1.84. The maximum atomic E-state index is 10.2. The van der Waals surface area contributed by atoms with Crippen LogP contribution in [0.2, 0.25) is 0 Å². The molecule has 2 heterocycles. The molecule has 1 N–H and O–H groups in total. The first-order valence-electron chi connectivity index (χ1n) is 7.49. The maximum absolute atomic E-state index is 10.2. The van der Waals surface area contributed by atoms with E-state index >= 15 is 0 Å². The lowest BCUT2D eigenvalue weighted by Crippen LogP contribution is -2.28. The minimum atomic E-state index is -0.559. The van der Waals surface area contributed by atoms with Gasteiger partial charge in [-0.3, -0.25) is 0 Å². The number of hydrogen-bond acceptors (Lipinski definition) is 4. The Balaban J connectivity index is 1.99. The van der Waals surface area contributed by atoms with Crippen molar-refractivity contribution in [3.8, 4) is 5.75 Å². The smallest absolute Gasteiger partial charge is 0.136 e. The van der Waals surface area contributed by atoms with Crippen molar-refractivity contribution >= 4 is 16.6 Å². The molecule has 1 aromatic heterocycles. The van der Waals surface area contributed by atoms with Crippen LogP contribution in [0.5, 0.6) is 5.75 Å². The van der Waals surface area contributed by atoms with Crippen molar-refractivity contribution in [1.82, 2.24) is 4.98 Å². The Morgan fingerprint density at radius 3 is 2.90 bits per heavy atom. The highest BCUT2D eigenvalue weighted by Crippen LogP contribution is 2.31. The van der Waals surface area contributed by atoms with Gasteiger partial charge in [-0.15, -0.1) is 0 Å². The van der Waals surface area contributed by atoms with Gasteiger partial charge in [0, 0.05) is 24.7 Å². The Labute approximate surface area is 125 Å². The van der Waals surface area contributed by atoms with E-state index in [1.807, 2.05) is 31.3 Å². The SMILES string of the molecule is COc1ccc2ccnc(N3CCCC(C)(O)CC3)c2c1. The first kappa shape index (κ1) is 14.1. The van der Waals surface area contributed by atoms with E-state index in [4.69, 9.17) is 4.74 Å². The van der Waals surface area contributed by atoms with Gasteiger partial charge in [-0.25, -0.2) is 4.98 Å². The molecule has 0 amide bonds. The van der Waals surface area contributed by atoms with Crippen molar-refractivity contribution in [2.24, 2.45) is 0 Å². The molecule has 1 atom stereocenters. The van der Waals surface area contributed by atoms with Crippen molar-refractivity contribution < 1.29 is 9.84 Å². The third-order valence-electron chi connectivity index (χ3n) is 4.32. The molecule has 1 aromatic carbocycles. The van der Waals surface area contributed by atoms with Gasteiger partial charge in [-0.2, -0.15) is 0 Å². The van der Waals surface area contributed by atoms with Gasteiger partial charge in [0.1, 0.15) is 11.6 Å². The molecule has 112 valence electrons. The predicted molar refractivity (Wildman–Crippen MR) is 85.0 cm³/mol. The summed E-state index contributed by atoms with van der Waals surface area (Å²) in [6.07, 6.45) is 4.45. The fraction of sp³-hybridized carbons (Fsp3) is 0.471. The zero-order valence-corrected chi connectivity index (χ0v) is 12.7. The molecule has 1 aliphatic heterocycles. The molecule has 0 saturated carbocycles. The van der Waals surface area contributed by atoms with E-state index in [-0.39, 0.29) is 0 Å². The molecule has 0 radical (unpaired) electrons. The second kappa shape index (κ2) is 5.53. The van der Waals surface area contributed by atoms with Crippen LogP contribution >= 0.6 is 0 Å². The van der Waals surface area contributed by atoms with Gasteiger partial charge in [0.15, 0.2) is 0 Å². The molecule has 1 saturated heterocycles. The van der Waals surface area contributed by atoms with Crippen LogP contribution in [0.1, 0.15) is 26.2 Å². The molecular weight excluding hydrogens is 264 g/mol. The highest BCUT2D eigenvalue weighted by molar-refractivity contribution is 5.93. The van der Waals surface area contributed by atoms with Crippen LogP contribution in [0.25, 0.3) is 10.8 Å². The molecule has 1 fully saturated rings. The second-order valence-corrected chi connectivity index (χ2v) is 6.06. The Morgan fingerprint density at radius 1 is 1.24 bits per heavy atom. The molecule has 0 aliphatic carbocycles. The number of rotatable bonds is 2. The number of ether oxygens (including phenoxy) is 1. The van der Waals surface area contributed by atoms with E-state index in [2.05, 4.69) is 16.0 Å². The van der Waals surface area contributed by atoms with Crippen LogP contribution in [0, 0.1) is 0 Å². The lowest BCUT2D eigenvalue weighted by molar-refractivity contribution is 0.0481. The second-order valence-electron chi connectivity index (χ2n) is 6.06. The number of fused-ring (bicyclic) bond motifs is 1. The van der Waals surface area contributed by atoms with E-state index in [1.54, 1.807) is 7.11 Å². The van der Waals surface area contributed by atoms with E-state index in [1.165, 1.54) is 0 Å². The van der Waals surface area contributed by atoms with Gasteiger partial charge in [-0.05, 0) is 49.8 Å². The molecule has 0 bridgehead atoms. The van der Waals surface area contributed by atoms with Crippen LogP contribution in [-0.4, -0.2) is 35.9 Å². The van der Waals surface area contributed by atoms with Gasteiger partial charge < -0.3 is 14.7 Å². The summed E-state index contributed by atoms with van der Waals surface area (Å²) in [7, 11) is 1.68. The van der Waals surface area contributed by atoms with E-state index in [0.717, 1.165) is 54.7 Å². The van der Waals surface area contributed by atoms with Crippen molar-refractivity contribution in [3.63, 3.8) is 0 Å². The fourth-order valence-corrected chi connectivity index (χ4v) is 2.99. The Hall–Kier alpha value is -1.81. The zero-order valence-electron chi connectivity index (χ0n) is 12.7. The Morgan fingerprint density at radius 2 is 2.10 bits per heavy atom. The molecule has 21 heavy (non-hydrogen) atoms. The van der Waals surface area contributed by atoms with E-state index in [9.17, 15) is 5.11 Å². The Bertz CT molecular complexity index is 640. The number of anilines is 1. The lowest BCUT2D eigenvalue weighted by atomic mass is 9.98. The number of methoxy groups -OCH3 is 1. The normalized spacial score (nSPS) is 23.1. The topological polar surface area (TPSA) is 45.6 Å². The maximum Gasteiger partial charge on any atom is 0.136 e.